The molecule has 0 rings (SSSR count). The quantitative estimate of drug-likeness (QED) is 0.424. The van der Waals surface area contributed by atoms with Gasteiger partial charge in [-0.25, -0.2) is 4.79 Å². The van der Waals surface area contributed by atoms with E-state index in [0.717, 1.165) is 12.8 Å². The largest absolute Gasteiger partial charge is 0.478 e. The lowest BCUT2D eigenvalue weighted by Gasteiger charge is -2.04. The highest BCUT2D eigenvalue weighted by Crippen LogP contribution is 2.05. The second kappa shape index (κ2) is 7.53. The van der Waals surface area contributed by atoms with Crippen LogP contribution in [0.25, 0.3) is 0 Å². The molecule has 1 unspecified atom stereocenters. The minimum atomic E-state index is -0.889. The van der Waals surface area contributed by atoms with Crippen LogP contribution in [0.15, 0.2) is 11.6 Å². The van der Waals surface area contributed by atoms with Crippen LogP contribution in [0.1, 0.15) is 32.6 Å². The van der Waals surface area contributed by atoms with Crippen molar-refractivity contribution in [1.29, 1.82) is 0 Å². The van der Waals surface area contributed by atoms with Crippen LogP contribution in [0.4, 0.5) is 0 Å². The lowest BCUT2D eigenvalue weighted by Crippen LogP contribution is -2.10. The predicted molar refractivity (Wildman–Crippen MR) is 53.0 cm³/mol. The Bertz CT molecular complexity index is 198. The van der Waals surface area contributed by atoms with Gasteiger partial charge in [0, 0.05) is 5.57 Å². The van der Waals surface area contributed by atoms with Gasteiger partial charge >= 0.3 is 5.97 Å². The zero-order valence-corrected chi connectivity index (χ0v) is 8.44. The van der Waals surface area contributed by atoms with E-state index in [1.165, 1.54) is 0 Å². The molecule has 0 spiro atoms. The zero-order chi connectivity index (χ0) is 11.0. The molecule has 14 heavy (non-hydrogen) atoms. The molecular formula is C10H18O4. The van der Waals surface area contributed by atoms with Crippen molar-refractivity contribution >= 4 is 5.97 Å². The number of unbranched alkanes of at least 4 members (excludes halogenated alkanes) is 2. The van der Waals surface area contributed by atoms with E-state index in [0.29, 0.717) is 18.4 Å². The van der Waals surface area contributed by atoms with Crippen LogP contribution in [0, 0.1) is 0 Å². The van der Waals surface area contributed by atoms with E-state index in [1.54, 1.807) is 13.0 Å². The highest BCUT2D eigenvalue weighted by atomic mass is 16.4. The lowest BCUT2D eigenvalue weighted by atomic mass is 10.1. The van der Waals surface area contributed by atoms with Gasteiger partial charge in [-0.1, -0.05) is 12.5 Å². The second-order valence-corrected chi connectivity index (χ2v) is 3.31. The lowest BCUT2D eigenvalue weighted by molar-refractivity contribution is -0.132. The Kier molecular flexibility index (Phi) is 7.06. The summed E-state index contributed by atoms with van der Waals surface area (Å²) in [4.78, 5) is 10.4. The average molecular weight is 202 g/mol. The molecule has 0 aromatic heterocycles. The van der Waals surface area contributed by atoms with Crippen LogP contribution in [0.2, 0.25) is 0 Å². The summed E-state index contributed by atoms with van der Waals surface area (Å²) in [5.74, 6) is -0.889. The summed E-state index contributed by atoms with van der Waals surface area (Å²) in [6.07, 6.45) is 3.94. The molecule has 82 valence electrons. The molecule has 0 saturated heterocycles. The van der Waals surface area contributed by atoms with Crippen molar-refractivity contribution in [3.8, 4) is 0 Å². The van der Waals surface area contributed by atoms with Gasteiger partial charge in [0.05, 0.1) is 12.7 Å². The molecular weight excluding hydrogens is 184 g/mol. The van der Waals surface area contributed by atoms with E-state index in [9.17, 15) is 4.79 Å². The molecule has 0 radical (unpaired) electrons. The average Bonchev–Trinajstić information content (AvgIpc) is 2.16. The van der Waals surface area contributed by atoms with Crippen LogP contribution < -0.4 is 0 Å². The maximum absolute atomic E-state index is 10.4. The predicted octanol–water partition coefficient (Wildman–Crippen LogP) is 0.931. The molecule has 0 amide bonds. The molecule has 0 bridgehead atoms. The Hall–Kier alpha value is -0.870. The smallest absolute Gasteiger partial charge is 0.330 e. The molecule has 0 fully saturated rings. The third kappa shape index (κ3) is 6.62. The van der Waals surface area contributed by atoms with Crippen molar-refractivity contribution in [1.82, 2.24) is 0 Å². The topological polar surface area (TPSA) is 77.8 Å². The standard InChI is InChI=1S/C10H18O4/c1-8(10(13)14)5-3-2-4-6-9(12)7-11/h5,9,11-12H,2-4,6-7H2,1H3,(H,13,14)/b8-5+. The summed E-state index contributed by atoms with van der Waals surface area (Å²) < 4.78 is 0. The van der Waals surface area contributed by atoms with Gasteiger partial charge in [0.25, 0.3) is 0 Å². The molecule has 0 aliphatic rings. The highest BCUT2D eigenvalue weighted by molar-refractivity contribution is 5.85. The molecule has 3 N–H and O–H groups in total. The van der Waals surface area contributed by atoms with Gasteiger partial charge < -0.3 is 15.3 Å². The van der Waals surface area contributed by atoms with Gasteiger partial charge in [-0.3, -0.25) is 0 Å². The fraction of sp³-hybridized carbons (Fsp3) is 0.700. The highest BCUT2D eigenvalue weighted by Gasteiger charge is 2.01. The molecule has 0 aromatic carbocycles. The first-order chi connectivity index (χ1) is 6.57. The SMILES string of the molecule is C/C(=C\CCCCC(O)CO)C(=O)O. The van der Waals surface area contributed by atoms with E-state index in [4.69, 9.17) is 15.3 Å². The Morgan fingerprint density at radius 2 is 2.07 bits per heavy atom. The van der Waals surface area contributed by atoms with Crippen molar-refractivity contribution in [3.63, 3.8) is 0 Å². The Morgan fingerprint density at radius 1 is 1.43 bits per heavy atom. The number of carboxylic acid groups (broad SMARTS) is 1. The van der Waals surface area contributed by atoms with Crippen molar-refractivity contribution in [2.45, 2.75) is 38.7 Å². The fourth-order valence-corrected chi connectivity index (χ4v) is 1.02. The number of rotatable bonds is 7. The fourth-order valence-electron chi connectivity index (χ4n) is 1.02. The minimum Gasteiger partial charge on any atom is -0.478 e. The number of aliphatic hydroxyl groups excluding tert-OH is 2. The van der Waals surface area contributed by atoms with Gasteiger partial charge in [-0.2, -0.15) is 0 Å². The Balaban J connectivity index is 3.47. The van der Waals surface area contributed by atoms with Crippen molar-refractivity contribution in [2.24, 2.45) is 0 Å². The molecule has 1 atom stereocenters. The zero-order valence-electron chi connectivity index (χ0n) is 8.44. The molecule has 0 heterocycles. The van der Waals surface area contributed by atoms with Crippen LogP contribution in [0.5, 0.6) is 0 Å². The van der Waals surface area contributed by atoms with Gasteiger partial charge in [-0.15, -0.1) is 0 Å². The summed E-state index contributed by atoms with van der Waals surface area (Å²) >= 11 is 0. The Morgan fingerprint density at radius 3 is 2.57 bits per heavy atom. The summed E-state index contributed by atoms with van der Waals surface area (Å²) in [7, 11) is 0. The van der Waals surface area contributed by atoms with Gasteiger partial charge in [0.2, 0.25) is 0 Å². The monoisotopic (exact) mass is 202 g/mol. The second-order valence-electron chi connectivity index (χ2n) is 3.31. The van der Waals surface area contributed by atoms with E-state index in [2.05, 4.69) is 0 Å². The van der Waals surface area contributed by atoms with Crippen LogP contribution in [-0.4, -0.2) is 34.0 Å². The van der Waals surface area contributed by atoms with Gasteiger partial charge in [0.1, 0.15) is 0 Å². The number of allylic oxidation sites excluding steroid dienone is 1. The van der Waals surface area contributed by atoms with E-state index in [-0.39, 0.29) is 6.61 Å². The summed E-state index contributed by atoms with van der Waals surface area (Å²) in [6.45, 7) is 1.36. The van der Waals surface area contributed by atoms with E-state index < -0.39 is 12.1 Å². The number of carbonyl (C=O) groups is 1. The first-order valence-corrected chi connectivity index (χ1v) is 4.77. The van der Waals surface area contributed by atoms with Crippen molar-refractivity contribution < 1.29 is 20.1 Å². The molecule has 0 aliphatic heterocycles. The Labute approximate surface area is 83.9 Å². The van der Waals surface area contributed by atoms with Crippen LogP contribution in [0.3, 0.4) is 0 Å². The number of aliphatic carboxylic acids is 1. The molecule has 0 aliphatic carbocycles. The van der Waals surface area contributed by atoms with Crippen LogP contribution in [-0.2, 0) is 4.79 Å². The van der Waals surface area contributed by atoms with Crippen LogP contribution >= 0.6 is 0 Å². The normalized spacial score (nSPS) is 14.1. The molecule has 4 nitrogen and oxygen atoms in total. The number of aliphatic hydroxyl groups is 2. The summed E-state index contributed by atoms with van der Waals surface area (Å²) in [6, 6.07) is 0. The van der Waals surface area contributed by atoms with Crippen molar-refractivity contribution in [2.75, 3.05) is 6.61 Å². The van der Waals surface area contributed by atoms with Gasteiger partial charge in [0.15, 0.2) is 0 Å². The maximum Gasteiger partial charge on any atom is 0.330 e. The molecule has 0 aromatic rings. The van der Waals surface area contributed by atoms with Crippen molar-refractivity contribution in [3.05, 3.63) is 11.6 Å². The first-order valence-electron chi connectivity index (χ1n) is 4.77. The molecule has 0 saturated carbocycles. The molecule has 4 heteroatoms. The summed E-state index contributed by atoms with van der Waals surface area (Å²) in [5, 5.41) is 26.0. The van der Waals surface area contributed by atoms with E-state index in [1.807, 2.05) is 0 Å². The van der Waals surface area contributed by atoms with Gasteiger partial charge in [-0.05, 0) is 26.2 Å². The number of carboxylic acids is 1. The van der Waals surface area contributed by atoms with E-state index >= 15 is 0 Å². The number of hydrogen-bond donors (Lipinski definition) is 3. The minimum absolute atomic E-state index is 0.204. The third-order valence-corrected chi connectivity index (χ3v) is 1.99. The number of hydrogen-bond acceptors (Lipinski definition) is 3. The third-order valence-electron chi connectivity index (χ3n) is 1.99. The maximum atomic E-state index is 10.4. The first kappa shape index (κ1) is 13.1. The summed E-state index contributed by atoms with van der Waals surface area (Å²) in [5.41, 5.74) is 0.354.